The van der Waals surface area contributed by atoms with Crippen LogP contribution >= 0.6 is 0 Å². The van der Waals surface area contributed by atoms with Gasteiger partial charge in [-0.2, -0.15) is 0 Å². The summed E-state index contributed by atoms with van der Waals surface area (Å²) >= 11 is 0. The summed E-state index contributed by atoms with van der Waals surface area (Å²) < 4.78 is 0. The maximum Gasteiger partial charge on any atom is 0.248 e. The number of Topliss-reactive ketones (excluding diaryl/α,β-unsaturated/α-hetero) is 1. The van der Waals surface area contributed by atoms with E-state index in [1.165, 1.54) is 0 Å². The predicted molar refractivity (Wildman–Crippen MR) is 123 cm³/mol. The molecule has 4 N–H and O–H groups in total. The van der Waals surface area contributed by atoms with Crippen molar-refractivity contribution >= 4 is 22.6 Å². The van der Waals surface area contributed by atoms with Crippen molar-refractivity contribution in [3.8, 4) is 0 Å². The van der Waals surface area contributed by atoms with Gasteiger partial charge in [-0.25, -0.2) is 0 Å². The molecular weight excluding hydrogens is 386 g/mol. The van der Waals surface area contributed by atoms with Crippen molar-refractivity contribution in [2.24, 2.45) is 5.73 Å². The van der Waals surface area contributed by atoms with E-state index in [1.807, 2.05) is 66.7 Å². The first-order chi connectivity index (χ1) is 15.0. The van der Waals surface area contributed by atoms with Gasteiger partial charge in [-0.1, -0.05) is 67.6 Å². The number of para-hydroxylation sites is 1. The normalized spacial score (nSPS) is 13.1. The number of aromatic nitrogens is 1. The number of hydrogen-bond donors (Lipinski definition) is 3. The number of H-pyrrole nitrogens is 1. The topological polar surface area (TPSA) is 88.0 Å². The van der Waals surface area contributed by atoms with E-state index in [4.69, 9.17) is 5.73 Å². The molecule has 3 aromatic carbocycles. The summed E-state index contributed by atoms with van der Waals surface area (Å²) in [6, 6.07) is 24.4. The number of fused-ring (bicyclic) bond motifs is 1. The lowest BCUT2D eigenvalue weighted by Crippen LogP contribution is -2.31. The first-order valence-electron chi connectivity index (χ1n) is 10.3. The monoisotopic (exact) mass is 411 g/mol. The molecule has 0 bridgehead atoms. The number of amides is 1. The van der Waals surface area contributed by atoms with E-state index >= 15 is 0 Å². The third kappa shape index (κ3) is 4.42. The summed E-state index contributed by atoms with van der Waals surface area (Å²) in [6.07, 6.45) is 1.79. The average Bonchev–Trinajstić information content (AvgIpc) is 3.24. The summed E-state index contributed by atoms with van der Waals surface area (Å²) in [7, 11) is 0. The zero-order chi connectivity index (χ0) is 21.8. The fraction of sp³-hybridized carbons (Fsp3) is 0.154. The number of benzene rings is 3. The molecule has 2 atom stereocenters. The summed E-state index contributed by atoms with van der Waals surface area (Å²) in [5.74, 6) is -0.269. The van der Waals surface area contributed by atoms with Crippen LogP contribution in [0.3, 0.4) is 0 Å². The number of rotatable bonds is 8. The molecule has 5 nitrogen and oxygen atoms in total. The number of carbonyl (C=O) groups excluding carboxylic acids is 2. The fourth-order valence-electron chi connectivity index (χ4n) is 3.83. The Labute approximate surface area is 181 Å². The van der Waals surface area contributed by atoms with Crippen LogP contribution in [0.4, 0.5) is 0 Å². The van der Waals surface area contributed by atoms with Crippen molar-refractivity contribution in [1.82, 2.24) is 10.3 Å². The van der Waals surface area contributed by atoms with Crippen molar-refractivity contribution in [3.05, 3.63) is 107 Å². The third-order valence-corrected chi connectivity index (χ3v) is 5.64. The van der Waals surface area contributed by atoms with Crippen molar-refractivity contribution in [3.63, 3.8) is 0 Å². The number of aromatic amines is 1. The Morgan fingerprint density at radius 3 is 2.29 bits per heavy atom. The molecule has 0 fully saturated rings. The van der Waals surface area contributed by atoms with Crippen LogP contribution in [-0.4, -0.2) is 23.2 Å². The lowest BCUT2D eigenvalue weighted by molar-refractivity contribution is 0.0942. The summed E-state index contributed by atoms with van der Waals surface area (Å²) in [4.78, 5) is 28.1. The maximum absolute atomic E-state index is 13.6. The van der Waals surface area contributed by atoms with E-state index in [0.717, 1.165) is 22.0 Å². The highest BCUT2D eigenvalue weighted by Crippen LogP contribution is 2.25. The van der Waals surface area contributed by atoms with Gasteiger partial charge in [0.25, 0.3) is 0 Å². The minimum atomic E-state index is -0.465. The summed E-state index contributed by atoms with van der Waals surface area (Å²) in [5, 5.41) is 4.39. The Hall–Kier alpha value is -3.70. The molecule has 4 rings (SSSR count). The molecule has 1 aromatic heterocycles. The van der Waals surface area contributed by atoms with Crippen LogP contribution in [0.5, 0.6) is 0 Å². The molecule has 0 saturated heterocycles. The van der Waals surface area contributed by atoms with E-state index in [2.05, 4.69) is 17.2 Å². The molecule has 4 aromatic rings. The van der Waals surface area contributed by atoms with Crippen molar-refractivity contribution < 1.29 is 9.59 Å². The van der Waals surface area contributed by atoms with Gasteiger partial charge in [0.15, 0.2) is 5.78 Å². The molecule has 0 saturated carbocycles. The molecule has 0 spiro atoms. The number of carbonyl (C=O) groups is 2. The van der Waals surface area contributed by atoms with Crippen molar-refractivity contribution in [2.75, 3.05) is 6.54 Å². The number of hydrogen-bond acceptors (Lipinski definition) is 3. The highest BCUT2D eigenvalue weighted by atomic mass is 16.1. The van der Waals surface area contributed by atoms with Gasteiger partial charge >= 0.3 is 0 Å². The first-order valence-corrected chi connectivity index (χ1v) is 10.3. The van der Waals surface area contributed by atoms with Gasteiger partial charge in [0, 0.05) is 34.8 Å². The van der Waals surface area contributed by atoms with E-state index in [-0.39, 0.29) is 11.7 Å². The molecule has 5 heteroatoms. The molecule has 1 heterocycles. The number of primary amides is 1. The fourth-order valence-corrected chi connectivity index (χ4v) is 3.83. The third-order valence-electron chi connectivity index (χ3n) is 5.64. The van der Waals surface area contributed by atoms with Crippen LogP contribution in [0, 0.1) is 0 Å². The Morgan fingerprint density at radius 2 is 1.58 bits per heavy atom. The van der Waals surface area contributed by atoms with Gasteiger partial charge in [0.05, 0.1) is 6.04 Å². The lowest BCUT2D eigenvalue weighted by Gasteiger charge is -2.21. The summed E-state index contributed by atoms with van der Waals surface area (Å²) in [6.45, 7) is 2.69. The van der Waals surface area contributed by atoms with Gasteiger partial charge in [0.1, 0.15) is 0 Å². The van der Waals surface area contributed by atoms with E-state index in [9.17, 15) is 9.59 Å². The largest absolute Gasteiger partial charge is 0.366 e. The van der Waals surface area contributed by atoms with Gasteiger partial charge in [-0.05, 0) is 35.2 Å². The number of nitrogens with two attached hydrogens (primary N) is 1. The quantitative estimate of drug-likeness (QED) is 0.371. The summed E-state index contributed by atoms with van der Waals surface area (Å²) in [5.41, 5.74) is 9.44. The molecular formula is C26H25N3O2. The molecule has 0 radical (unpaired) electrons. The van der Waals surface area contributed by atoms with Crippen LogP contribution in [0.25, 0.3) is 10.9 Å². The Morgan fingerprint density at radius 1 is 0.903 bits per heavy atom. The molecule has 0 aliphatic carbocycles. The van der Waals surface area contributed by atoms with Crippen LogP contribution in [0.15, 0.2) is 85.1 Å². The molecule has 1 amide bonds. The minimum absolute atomic E-state index is 0.0277. The van der Waals surface area contributed by atoms with Crippen LogP contribution in [0.2, 0.25) is 0 Å². The zero-order valence-electron chi connectivity index (χ0n) is 17.3. The highest BCUT2D eigenvalue weighted by Gasteiger charge is 2.24. The van der Waals surface area contributed by atoms with Crippen molar-refractivity contribution in [1.29, 1.82) is 0 Å². The second-order valence-corrected chi connectivity index (χ2v) is 7.75. The van der Waals surface area contributed by atoms with Gasteiger partial charge in [-0.15, -0.1) is 0 Å². The predicted octanol–water partition coefficient (Wildman–Crippen LogP) is 4.58. The molecule has 0 aliphatic rings. The SMILES string of the molecule is C[C@@H](CN[C@@H](C(=O)c1c[nH]c2ccccc12)c1ccccc1)c1ccc(C(N)=O)cc1. The maximum atomic E-state index is 13.6. The molecule has 0 unspecified atom stereocenters. The van der Waals surface area contributed by atoms with E-state index in [0.29, 0.717) is 17.7 Å². The van der Waals surface area contributed by atoms with Gasteiger partial charge < -0.3 is 16.0 Å². The second kappa shape index (κ2) is 8.98. The molecule has 0 aliphatic heterocycles. The second-order valence-electron chi connectivity index (χ2n) is 7.75. The lowest BCUT2D eigenvalue weighted by atomic mass is 9.95. The van der Waals surface area contributed by atoms with Crippen LogP contribution in [0.1, 0.15) is 50.7 Å². The standard InChI is InChI=1S/C26H25N3O2/c1-17(18-11-13-20(14-12-18)26(27)31)15-29-24(19-7-3-2-4-8-19)25(30)22-16-28-23-10-6-5-9-21(22)23/h2-14,16-17,24,28-29H,15H2,1H3,(H2,27,31)/t17-,24+/m0/s1. The van der Waals surface area contributed by atoms with Crippen molar-refractivity contribution in [2.45, 2.75) is 18.9 Å². The van der Waals surface area contributed by atoms with Gasteiger partial charge in [-0.3, -0.25) is 9.59 Å². The van der Waals surface area contributed by atoms with E-state index in [1.54, 1.807) is 18.3 Å². The molecule has 156 valence electrons. The highest BCUT2D eigenvalue weighted by molar-refractivity contribution is 6.10. The number of nitrogens with one attached hydrogen (secondary N) is 2. The zero-order valence-corrected chi connectivity index (χ0v) is 17.3. The Bertz CT molecular complexity index is 1200. The minimum Gasteiger partial charge on any atom is -0.366 e. The Balaban J connectivity index is 1.57. The van der Waals surface area contributed by atoms with E-state index < -0.39 is 11.9 Å². The van der Waals surface area contributed by atoms with Crippen LogP contribution in [-0.2, 0) is 0 Å². The first kappa shape index (κ1) is 20.6. The average molecular weight is 412 g/mol. The van der Waals surface area contributed by atoms with Gasteiger partial charge in [0.2, 0.25) is 5.91 Å². The Kier molecular flexibility index (Phi) is 5.96. The number of ketones is 1. The smallest absolute Gasteiger partial charge is 0.248 e. The molecule has 31 heavy (non-hydrogen) atoms. The van der Waals surface area contributed by atoms with Crippen LogP contribution < -0.4 is 11.1 Å².